The molecule has 0 unspecified atom stereocenters. The fourth-order valence-corrected chi connectivity index (χ4v) is 4.85. The van der Waals surface area contributed by atoms with Crippen molar-refractivity contribution in [2.45, 2.75) is 17.7 Å². The minimum Gasteiger partial charge on any atom is -0.369 e. The van der Waals surface area contributed by atoms with Crippen LogP contribution in [0.4, 0.5) is 10.1 Å². The van der Waals surface area contributed by atoms with Crippen LogP contribution in [-0.2, 0) is 14.4 Å². The number of nitrogens with two attached hydrogens (primary N) is 1. The summed E-state index contributed by atoms with van der Waals surface area (Å²) in [5.74, 6) is -1.50. The van der Waals surface area contributed by atoms with E-state index in [4.69, 9.17) is 5.73 Å². The Morgan fingerprint density at radius 1 is 1.10 bits per heavy atom. The van der Waals surface area contributed by atoms with Crippen LogP contribution in [0.5, 0.6) is 0 Å². The lowest BCUT2D eigenvalue weighted by Gasteiger charge is -2.34. The van der Waals surface area contributed by atoms with Crippen LogP contribution in [0.15, 0.2) is 58.3 Å². The molecule has 0 atom stereocenters. The Kier molecular flexibility index (Phi) is 6.08. The predicted molar refractivity (Wildman–Crippen MR) is 118 cm³/mol. The Bertz CT molecular complexity index is 1060. The van der Waals surface area contributed by atoms with E-state index in [1.807, 2.05) is 18.2 Å². The highest BCUT2D eigenvalue weighted by Crippen LogP contribution is 2.42. The van der Waals surface area contributed by atoms with Crippen LogP contribution in [0.3, 0.4) is 0 Å². The van der Waals surface area contributed by atoms with Crippen molar-refractivity contribution in [1.29, 1.82) is 0 Å². The lowest BCUT2D eigenvalue weighted by molar-refractivity contribution is -0.134. The van der Waals surface area contributed by atoms with Gasteiger partial charge in [-0.25, -0.2) is 4.39 Å². The molecule has 0 aromatic heterocycles. The van der Waals surface area contributed by atoms with E-state index < -0.39 is 5.82 Å². The largest absolute Gasteiger partial charge is 0.369 e. The number of piperidine rings is 1. The number of rotatable bonds is 4. The molecule has 4 rings (SSSR count). The summed E-state index contributed by atoms with van der Waals surface area (Å²) in [7, 11) is 0. The van der Waals surface area contributed by atoms with E-state index in [0.717, 1.165) is 4.90 Å². The number of carbonyl (C=O) groups excluding carboxylic acids is 3. The Balaban J connectivity index is 1.57. The number of halogens is 1. The quantitative estimate of drug-likeness (QED) is 0.743. The van der Waals surface area contributed by atoms with Crippen LogP contribution in [0.25, 0.3) is 6.08 Å². The number of anilines is 1. The van der Waals surface area contributed by atoms with Crippen molar-refractivity contribution >= 4 is 41.2 Å². The van der Waals surface area contributed by atoms with Crippen LogP contribution in [0.1, 0.15) is 18.4 Å². The zero-order valence-electron chi connectivity index (χ0n) is 16.8. The molecule has 0 saturated carbocycles. The molecule has 6 nitrogen and oxygen atoms in total. The van der Waals surface area contributed by atoms with Gasteiger partial charge in [0.05, 0.1) is 10.6 Å². The maximum atomic E-state index is 14.1. The van der Waals surface area contributed by atoms with Gasteiger partial charge in [-0.1, -0.05) is 42.1 Å². The number of thioether (sulfide) groups is 1. The maximum absolute atomic E-state index is 14.1. The van der Waals surface area contributed by atoms with Crippen molar-refractivity contribution in [3.05, 3.63) is 64.8 Å². The third kappa shape index (κ3) is 4.49. The number of benzene rings is 2. The predicted octanol–water partition coefficient (Wildman–Crippen LogP) is 3.03. The van der Waals surface area contributed by atoms with Crippen LogP contribution in [0, 0.1) is 11.7 Å². The second-order valence-corrected chi connectivity index (χ2v) is 8.63. The van der Waals surface area contributed by atoms with Crippen molar-refractivity contribution in [1.82, 2.24) is 4.90 Å². The lowest BCUT2D eigenvalue weighted by atomic mass is 9.96. The van der Waals surface area contributed by atoms with Gasteiger partial charge in [-0.15, -0.1) is 0 Å². The van der Waals surface area contributed by atoms with Crippen LogP contribution >= 0.6 is 11.8 Å². The highest BCUT2D eigenvalue weighted by Gasteiger charge is 2.33. The summed E-state index contributed by atoms with van der Waals surface area (Å²) in [6.07, 6.45) is 2.58. The molecule has 8 heteroatoms. The molecule has 2 aliphatic rings. The van der Waals surface area contributed by atoms with Gasteiger partial charge in [0, 0.05) is 29.5 Å². The van der Waals surface area contributed by atoms with E-state index in [1.54, 1.807) is 29.2 Å². The average molecular weight is 440 g/mol. The number of primary amides is 1. The first kappa shape index (κ1) is 21.1. The number of carbonyl (C=O) groups is 3. The topological polar surface area (TPSA) is 83.7 Å². The van der Waals surface area contributed by atoms with Crippen molar-refractivity contribution in [2.75, 3.05) is 24.5 Å². The first-order chi connectivity index (χ1) is 14.9. The first-order valence-corrected chi connectivity index (χ1v) is 10.9. The molecule has 2 aromatic rings. The molecule has 0 bridgehead atoms. The van der Waals surface area contributed by atoms with Crippen molar-refractivity contribution < 1.29 is 18.8 Å². The SMILES string of the molecule is NC(=O)C1CCN(C(=O)CN2C(=O)C(=Cc3ccccc3F)Sc3ccccc32)CC1. The van der Waals surface area contributed by atoms with Crippen molar-refractivity contribution in [3.63, 3.8) is 0 Å². The van der Waals surface area contributed by atoms with Gasteiger partial charge in [-0.2, -0.15) is 0 Å². The number of hydrogen-bond acceptors (Lipinski definition) is 4. The van der Waals surface area contributed by atoms with Crippen molar-refractivity contribution in [2.24, 2.45) is 11.7 Å². The fraction of sp³-hybridized carbons (Fsp3) is 0.261. The number of likely N-dealkylation sites (tertiary alicyclic amines) is 1. The third-order valence-corrected chi connectivity index (χ3v) is 6.64. The van der Waals surface area contributed by atoms with Gasteiger partial charge >= 0.3 is 0 Å². The summed E-state index contributed by atoms with van der Waals surface area (Å²) < 4.78 is 14.1. The average Bonchev–Trinajstić information content (AvgIpc) is 2.78. The number of nitrogens with zero attached hydrogens (tertiary/aromatic N) is 2. The standard InChI is InChI=1S/C23H22FN3O3S/c24-17-6-2-1-5-16(17)13-20-23(30)27(18-7-3-4-8-19(18)31-20)14-21(28)26-11-9-15(10-12-26)22(25)29/h1-8,13,15H,9-12,14H2,(H2,25,29). The smallest absolute Gasteiger partial charge is 0.265 e. The molecule has 2 N–H and O–H groups in total. The highest BCUT2D eigenvalue weighted by atomic mass is 32.2. The van der Waals surface area contributed by atoms with Gasteiger partial charge in [0.2, 0.25) is 11.8 Å². The molecule has 31 heavy (non-hydrogen) atoms. The van der Waals surface area contributed by atoms with Gasteiger partial charge in [-0.05, 0) is 37.1 Å². The Labute approximate surface area is 183 Å². The molecule has 2 aliphatic heterocycles. The molecule has 1 saturated heterocycles. The fourth-order valence-electron chi connectivity index (χ4n) is 3.80. The molecule has 2 aromatic carbocycles. The second kappa shape index (κ2) is 8.93. The summed E-state index contributed by atoms with van der Waals surface area (Å²) in [6, 6.07) is 13.6. The zero-order valence-corrected chi connectivity index (χ0v) is 17.6. The summed E-state index contributed by atoms with van der Waals surface area (Å²) >= 11 is 1.27. The van der Waals surface area contributed by atoms with Crippen LogP contribution in [0.2, 0.25) is 0 Å². The Morgan fingerprint density at radius 2 is 1.77 bits per heavy atom. The van der Waals surface area contributed by atoms with Crippen molar-refractivity contribution in [3.8, 4) is 0 Å². The van der Waals surface area contributed by atoms with Gasteiger partial charge in [0.15, 0.2) is 0 Å². The van der Waals surface area contributed by atoms with Gasteiger partial charge in [0.25, 0.3) is 5.91 Å². The molecule has 0 aliphatic carbocycles. The number of amides is 3. The third-order valence-electron chi connectivity index (χ3n) is 5.57. The Morgan fingerprint density at radius 3 is 2.48 bits per heavy atom. The molecule has 3 amide bonds. The van der Waals surface area contributed by atoms with E-state index in [-0.39, 0.29) is 30.2 Å². The summed E-state index contributed by atoms with van der Waals surface area (Å²) in [4.78, 5) is 41.8. The summed E-state index contributed by atoms with van der Waals surface area (Å²) in [6.45, 7) is 0.748. The number of hydrogen-bond donors (Lipinski definition) is 1. The monoisotopic (exact) mass is 439 g/mol. The van der Waals surface area contributed by atoms with Gasteiger partial charge in [-0.3, -0.25) is 19.3 Å². The normalized spacial score (nSPS) is 18.2. The lowest BCUT2D eigenvalue weighted by Crippen LogP contribution is -2.48. The molecular weight excluding hydrogens is 417 g/mol. The second-order valence-electron chi connectivity index (χ2n) is 7.55. The van der Waals surface area contributed by atoms with Gasteiger partial charge < -0.3 is 10.6 Å². The minimum atomic E-state index is -0.415. The Hall–Kier alpha value is -3.13. The molecule has 1 fully saturated rings. The van der Waals surface area contributed by atoms with E-state index in [0.29, 0.717) is 42.1 Å². The van der Waals surface area contributed by atoms with E-state index in [9.17, 15) is 18.8 Å². The molecule has 0 radical (unpaired) electrons. The van der Waals surface area contributed by atoms with Crippen LogP contribution in [-0.4, -0.2) is 42.3 Å². The molecular formula is C23H22FN3O3S. The zero-order chi connectivity index (χ0) is 22.0. The molecule has 0 spiro atoms. The highest BCUT2D eigenvalue weighted by molar-refractivity contribution is 8.04. The van der Waals surface area contributed by atoms with E-state index in [1.165, 1.54) is 28.8 Å². The summed E-state index contributed by atoms with van der Waals surface area (Å²) in [5, 5.41) is 0. The van der Waals surface area contributed by atoms with Crippen LogP contribution < -0.4 is 10.6 Å². The molecule has 2 heterocycles. The molecule has 160 valence electrons. The first-order valence-electron chi connectivity index (χ1n) is 10.1. The van der Waals surface area contributed by atoms with Gasteiger partial charge in [0.1, 0.15) is 12.4 Å². The van der Waals surface area contributed by atoms with E-state index in [2.05, 4.69) is 0 Å². The number of para-hydroxylation sites is 1. The minimum absolute atomic E-state index is 0.119. The van der Waals surface area contributed by atoms with E-state index >= 15 is 0 Å². The summed E-state index contributed by atoms with van der Waals surface area (Å²) in [5.41, 5.74) is 6.34. The number of fused-ring (bicyclic) bond motifs is 1. The maximum Gasteiger partial charge on any atom is 0.265 e.